The van der Waals surface area contributed by atoms with Crippen molar-refractivity contribution < 1.29 is 79.8 Å². The molecule has 4 unspecified atom stereocenters. The van der Waals surface area contributed by atoms with E-state index < -0.39 is 112 Å². The molecule has 0 saturated heterocycles. The molecule has 410 valence electrons. The Bertz CT molecular complexity index is 1930. The number of benzene rings is 2. The van der Waals surface area contributed by atoms with Crippen molar-refractivity contribution in [3.8, 4) is 0 Å². The fraction of sp³-hybridized carbons (Fsp3) is 0.640. The molecular weight excluding hydrogens is 941 g/mol. The SMILES string of the molecule is CC.CC.CC(=O)N(CC(O)(CO)CN(C(C)=O)c1c(C)c(C(=O)N(C)CC(O)CO)c(C)c(C(=O)N(C)CC(O)CO)c1C)c1c(C)c(C(=O)N(C)CC(O)CO)c(C)c(C(=O)N(C)CC(O)CO)c1C. The van der Waals surface area contributed by atoms with Gasteiger partial charge in [-0.05, 0) is 74.9 Å². The summed E-state index contributed by atoms with van der Waals surface area (Å²) in [6.07, 6.45) is -5.38. The molecule has 0 spiro atoms. The lowest BCUT2D eigenvalue weighted by Crippen LogP contribution is -2.56. The Kier molecular flexibility index (Phi) is 28.0. The van der Waals surface area contributed by atoms with Crippen molar-refractivity contribution >= 4 is 46.8 Å². The van der Waals surface area contributed by atoms with E-state index in [1.165, 1.54) is 69.7 Å². The third-order valence-corrected chi connectivity index (χ3v) is 11.9. The summed E-state index contributed by atoms with van der Waals surface area (Å²) in [4.78, 5) is 91.2. The maximum atomic E-state index is 14.2. The Morgan fingerprint density at radius 3 is 0.764 bits per heavy atom. The summed E-state index contributed by atoms with van der Waals surface area (Å²) in [7, 11) is 5.37. The van der Waals surface area contributed by atoms with E-state index in [-0.39, 0.29) is 93.2 Å². The van der Waals surface area contributed by atoms with Crippen LogP contribution in [0.2, 0.25) is 0 Å². The molecule has 6 amide bonds. The molecular formula is C50H84N6O16. The van der Waals surface area contributed by atoms with Gasteiger partial charge in [0.25, 0.3) is 23.6 Å². The number of hydrogen-bond donors (Lipinski definition) is 10. The molecule has 22 heteroatoms. The van der Waals surface area contributed by atoms with E-state index in [9.17, 15) is 79.8 Å². The monoisotopic (exact) mass is 1020 g/mol. The molecule has 2 rings (SSSR count). The Morgan fingerprint density at radius 2 is 0.611 bits per heavy atom. The molecule has 2 aromatic rings. The van der Waals surface area contributed by atoms with E-state index in [1.807, 2.05) is 27.7 Å². The first-order valence-corrected chi connectivity index (χ1v) is 23.9. The van der Waals surface area contributed by atoms with Crippen LogP contribution in [0.15, 0.2) is 0 Å². The molecule has 2 aromatic carbocycles. The number of carbonyl (C=O) groups is 6. The summed E-state index contributed by atoms with van der Waals surface area (Å²) in [5, 5.41) is 102. The lowest BCUT2D eigenvalue weighted by Gasteiger charge is -2.39. The van der Waals surface area contributed by atoms with E-state index in [0.29, 0.717) is 0 Å². The van der Waals surface area contributed by atoms with Gasteiger partial charge in [-0.2, -0.15) is 0 Å². The third-order valence-electron chi connectivity index (χ3n) is 11.9. The van der Waals surface area contributed by atoms with E-state index >= 15 is 0 Å². The quantitative estimate of drug-likeness (QED) is 0.0666. The zero-order chi connectivity index (χ0) is 56.4. The molecule has 0 heterocycles. The summed E-state index contributed by atoms with van der Waals surface area (Å²) in [6, 6.07) is 0. The second-order valence-electron chi connectivity index (χ2n) is 17.6. The lowest BCUT2D eigenvalue weighted by atomic mass is 9.87. The van der Waals surface area contributed by atoms with Crippen LogP contribution in [0.3, 0.4) is 0 Å². The van der Waals surface area contributed by atoms with Gasteiger partial charge in [0, 0.05) is 90.5 Å². The summed E-state index contributed by atoms with van der Waals surface area (Å²) < 4.78 is 0. The first-order valence-electron chi connectivity index (χ1n) is 23.9. The van der Waals surface area contributed by atoms with Crippen LogP contribution < -0.4 is 9.80 Å². The first-order chi connectivity index (χ1) is 33.5. The van der Waals surface area contributed by atoms with Crippen LogP contribution in [0.25, 0.3) is 0 Å². The van der Waals surface area contributed by atoms with Gasteiger partial charge in [-0.15, -0.1) is 0 Å². The highest BCUT2D eigenvalue weighted by atomic mass is 16.3. The van der Waals surface area contributed by atoms with Crippen molar-refractivity contribution in [1.29, 1.82) is 0 Å². The summed E-state index contributed by atoms with van der Waals surface area (Å²) in [5.74, 6) is -4.49. The number of nitrogens with zero attached hydrogens (tertiary/aromatic N) is 6. The molecule has 0 saturated carbocycles. The highest BCUT2D eigenvalue weighted by molar-refractivity contribution is 6.09. The maximum absolute atomic E-state index is 14.2. The fourth-order valence-corrected chi connectivity index (χ4v) is 8.53. The van der Waals surface area contributed by atoms with Crippen LogP contribution in [-0.4, -0.2) is 237 Å². The van der Waals surface area contributed by atoms with Gasteiger partial charge in [-0.25, -0.2) is 0 Å². The van der Waals surface area contributed by atoms with E-state index in [2.05, 4.69) is 0 Å². The number of carbonyl (C=O) groups excluding carboxylic acids is 6. The van der Waals surface area contributed by atoms with Gasteiger partial charge in [0.2, 0.25) is 11.8 Å². The summed E-state index contributed by atoms with van der Waals surface area (Å²) in [6.45, 7) is 12.3. The minimum Gasteiger partial charge on any atom is -0.394 e. The van der Waals surface area contributed by atoms with Gasteiger partial charge in [0.15, 0.2) is 0 Å². The number of likely N-dealkylation sites (N-methyl/N-ethyl adjacent to an activating group) is 4. The second kappa shape index (κ2) is 30.2. The summed E-state index contributed by atoms with van der Waals surface area (Å²) >= 11 is 0. The number of aliphatic hydroxyl groups excluding tert-OH is 9. The zero-order valence-corrected chi connectivity index (χ0v) is 45.2. The average molecular weight is 1030 g/mol. The Balaban J connectivity index is 0.0000123. The van der Waals surface area contributed by atoms with Crippen molar-refractivity contribution in [3.05, 3.63) is 55.6 Å². The molecule has 22 nitrogen and oxygen atoms in total. The number of aliphatic hydroxyl groups is 10. The fourth-order valence-electron chi connectivity index (χ4n) is 8.53. The Hall–Kier alpha value is -5.14. The first kappa shape index (κ1) is 66.9. The molecule has 0 radical (unpaired) electrons. The molecule has 0 fully saturated rings. The number of amides is 6. The van der Waals surface area contributed by atoms with E-state index in [1.54, 1.807) is 0 Å². The highest BCUT2D eigenvalue weighted by Crippen LogP contribution is 2.39. The van der Waals surface area contributed by atoms with Crippen LogP contribution in [0.5, 0.6) is 0 Å². The second-order valence-corrected chi connectivity index (χ2v) is 17.6. The van der Waals surface area contributed by atoms with Gasteiger partial charge in [-0.3, -0.25) is 28.8 Å². The standard InChI is InChI=1S/C46H72N6O16.2C2H6/c1-24-36(42(64)47(9)13-32(60)17-53)26(3)40(27(4)37(24)43(65)48(10)14-33(61)18-54)51(30(7)58)21-46(68,23-57)22-52(31(8)59)41-28(5)38(44(66)49(11)15-34(62)19-55)25(2)39(29(41)6)45(67)50(12)16-35(63)20-56;2*1-2/h32-35,53-57,60-63,68H,13-23H2,1-12H3;2*1-2H3. The van der Waals surface area contributed by atoms with E-state index in [0.717, 1.165) is 43.2 Å². The van der Waals surface area contributed by atoms with Gasteiger partial charge in [0.1, 0.15) is 5.60 Å². The minimum absolute atomic E-state index is 0.0621. The lowest BCUT2D eigenvalue weighted by molar-refractivity contribution is -0.118. The van der Waals surface area contributed by atoms with Gasteiger partial charge >= 0.3 is 0 Å². The van der Waals surface area contributed by atoms with Gasteiger partial charge in [-0.1, -0.05) is 27.7 Å². The maximum Gasteiger partial charge on any atom is 0.254 e. The molecule has 4 atom stereocenters. The van der Waals surface area contributed by atoms with E-state index in [4.69, 9.17) is 0 Å². The predicted octanol–water partition coefficient (Wildman–Crippen LogP) is -0.580. The smallest absolute Gasteiger partial charge is 0.254 e. The van der Waals surface area contributed by atoms with Crippen molar-refractivity contribution in [2.45, 2.75) is 113 Å². The highest BCUT2D eigenvalue weighted by Gasteiger charge is 2.40. The number of hydrogen-bond acceptors (Lipinski definition) is 16. The molecule has 0 aliphatic carbocycles. The molecule has 0 aromatic heterocycles. The molecule has 0 aliphatic heterocycles. The zero-order valence-electron chi connectivity index (χ0n) is 45.2. The topological polar surface area (TPSA) is 324 Å². The molecule has 0 bridgehead atoms. The van der Waals surface area contributed by atoms with Crippen molar-refractivity contribution in [2.75, 3.05) is 110 Å². The van der Waals surface area contributed by atoms with Crippen molar-refractivity contribution in [1.82, 2.24) is 19.6 Å². The van der Waals surface area contributed by atoms with Crippen LogP contribution in [-0.2, 0) is 9.59 Å². The van der Waals surface area contributed by atoms with Crippen LogP contribution in [0.1, 0.15) is 116 Å². The summed E-state index contributed by atoms with van der Waals surface area (Å²) in [5.41, 5.74) is -2.27. The van der Waals surface area contributed by atoms with Gasteiger partial charge in [0.05, 0.1) is 81.9 Å². The third kappa shape index (κ3) is 16.2. The van der Waals surface area contributed by atoms with Crippen molar-refractivity contribution in [3.63, 3.8) is 0 Å². The normalized spacial score (nSPS) is 13.4. The number of anilines is 2. The van der Waals surface area contributed by atoms with Gasteiger partial charge < -0.3 is 80.5 Å². The van der Waals surface area contributed by atoms with Crippen LogP contribution in [0.4, 0.5) is 11.4 Å². The minimum atomic E-state index is -2.47. The molecule has 10 N–H and O–H groups in total. The molecule has 0 aliphatic rings. The van der Waals surface area contributed by atoms with Crippen LogP contribution in [0, 0.1) is 41.5 Å². The Labute approximate surface area is 424 Å². The van der Waals surface area contributed by atoms with Crippen molar-refractivity contribution in [2.24, 2.45) is 0 Å². The predicted molar refractivity (Wildman–Crippen MR) is 272 cm³/mol. The average Bonchev–Trinajstić information content (AvgIpc) is 3.33. The largest absolute Gasteiger partial charge is 0.394 e. The van der Waals surface area contributed by atoms with Crippen LogP contribution >= 0.6 is 0 Å². The number of rotatable bonds is 23. The molecule has 72 heavy (non-hydrogen) atoms. The Morgan fingerprint density at radius 1 is 0.417 bits per heavy atom.